The molecular formula is C17H19F3O2. The van der Waals surface area contributed by atoms with Crippen LogP contribution in [-0.2, 0) is 9.47 Å². The van der Waals surface area contributed by atoms with Crippen molar-refractivity contribution < 1.29 is 22.6 Å². The second kappa shape index (κ2) is 6.42. The molecule has 0 saturated carbocycles. The van der Waals surface area contributed by atoms with Crippen LogP contribution in [0, 0.1) is 29.3 Å². The van der Waals surface area contributed by atoms with Crippen molar-refractivity contribution in [2.24, 2.45) is 11.8 Å². The highest BCUT2D eigenvalue weighted by molar-refractivity contribution is 5.21. The Labute approximate surface area is 127 Å². The summed E-state index contributed by atoms with van der Waals surface area (Å²) in [5, 5.41) is 0. The Morgan fingerprint density at radius 2 is 1.68 bits per heavy atom. The summed E-state index contributed by atoms with van der Waals surface area (Å²) in [6.07, 6.45) is 4.69. The molecule has 3 rings (SSSR count). The number of benzene rings is 1. The van der Waals surface area contributed by atoms with Gasteiger partial charge in [0, 0.05) is 11.5 Å². The summed E-state index contributed by atoms with van der Waals surface area (Å²) in [5.74, 6) is -3.02. The molecule has 1 aromatic rings. The van der Waals surface area contributed by atoms with Crippen LogP contribution in [0.4, 0.5) is 13.2 Å². The van der Waals surface area contributed by atoms with E-state index in [1.807, 2.05) is 0 Å². The normalized spacial score (nSPS) is 29.3. The van der Waals surface area contributed by atoms with Crippen LogP contribution in [0.3, 0.4) is 0 Å². The molecule has 1 saturated heterocycles. The molecule has 2 nitrogen and oxygen atoms in total. The van der Waals surface area contributed by atoms with E-state index in [4.69, 9.17) is 9.47 Å². The van der Waals surface area contributed by atoms with Crippen molar-refractivity contribution in [1.29, 1.82) is 0 Å². The minimum atomic E-state index is -1.47. The summed E-state index contributed by atoms with van der Waals surface area (Å²) < 4.78 is 50.7. The molecule has 1 unspecified atom stereocenters. The third-order valence-electron chi connectivity index (χ3n) is 4.41. The molecular weight excluding hydrogens is 293 g/mol. The van der Waals surface area contributed by atoms with E-state index in [-0.39, 0.29) is 11.5 Å². The zero-order valence-electron chi connectivity index (χ0n) is 12.5. The van der Waals surface area contributed by atoms with Crippen molar-refractivity contribution in [2.45, 2.75) is 32.5 Å². The molecule has 1 heterocycles. The molecule has 0 radical (unpaired) electrons. The van der Waals surface area contributed by atoms with Gasteiger partial charge >= 0.3 is 0 Å². The fourth-order valence-corrected chi connectivity index (χ4v) is 2.98. The molecule has 1 aliphatic carbocycles. The molecule has 22 heavy (non-hydrogen) atoms. The zero-order chi connectivity index (χ0) is 15.7. The van der Waals surface area contributed by atoms with E-state index < -0.39 is 23.7 Å². The first-order chi connectivity index (χ1) is 10.5. The molecule has 0 aromatic heterocycles. The molecule has 2 aliphatic rings. The van der Waals surface area contributed by atoms with Crippen LogP contribution in [0.1, 0.15) is 38.0 Å². The van der Waals surface area contributed by atoms with Crippen LogP contribution in [-0.4, -0.2) is 13.2 Å². The van der Waals surface area contributed by atoms with Crippen LogP contribution in [0.5, 0.6) is 0 Å². The van der Waals surface area contributed by atoms with Gasteiger partial charge in [0.1, 0.15) is 0 Å². The van der Waals surface area contributed by atoms with Crippen molar-refractivity contribution in [3.63, 3.8) is 0 Å². The lowest BCUT2D eigenvalue weighted by atomic mass is 9.85. The summed E-state index contributed by atoms with van der Waals surface area (Å²) >= 11 is 0. The molecule has 1 atom stereocenters. The van der Waals surface area contributed by atoms with E-state index >= 15 is 0 Å². The highest BCUT2D eigenvalue weighted by atomic mass is 19.2. The van der Waals surface area contributed by atoms with Crippen molar-refractivity contribution in [3.8, 4) is 0 Å². The van der Waals surface area contributed by atoms with Gasteiger partial charge in [0.05, 0.1) is 13.2 Å². The van der Waals surface area contributed by atoms with Gasteiger partial charge in [-0.25, -0.2) is 13.2 Å². The van der Waals surface area contributed by atoms with E-state index in [0.29, 0.717) is 19.1 Å². The standard InChI is InChI=1S/C17H19F3O2/c1-10-2-4-11(5-3-10)13-8-21-17(22-9-13)12-6-14(18)16(20)15(19)7-12/h4,6-7,10,13,17H,2-3,5,8-9H2,1H3. The van der Waals surface area contributed by atoms with E-state index in [0.717, 1.165) is 25.0 Å². The Morgan fingerprint density at radius 3 is 2.23 bits per heavy atom. The fraction of sp³-hybridized carbons (Fsp3) is 0.529. The van der Waals surface area contributed by atoms with Gasteiger partial charge in [-0.1, -0.05) is 18.6 Å². The quantitative estimate of drug-likeness (QED) is 0.591. The molecule has 1 aliphatic heterocycles. The maximum Gasteiger partial charge on any atom is 0.194 e. The first-order valence-corrected chi connectivity index (χ1v) is 7.61. The lowest BCUT2D eigenvalue weighted by Crippen LogP contribution is -2.29. The molecule has 5 heteroatoms. The van der Waals surface area contributed by atoms with Gasteiger partial charge in [0.2, 0.25) is 0 Å². The number of hydrogen-bond donors (Lipinski definition) is 0. The van der Waals surface area contributed by atoms with Gasteiger partial charge in [-0.15, -0.1) is 0 Å². The largest absolute Gasteiger partial charge is 0.348 e. The summed E-state index contributed by atoms with van der Waals surface area (Å²) in [5.41, 5.74) is 1.51. The smallest absolute Gasteiger partial charge is 0.194 e. The summed E-state index contributed by atoms with van der Waals surface area (Å²) in [4.78, 5) is 0. The first-order valence-electron chi connectivity index (χ1n) is 7.61. The molecule has 120 valence electrons. The third-order valence-corrected chi connectivity index (χ3v) is 4.41. The predicted molar refractivity (Wildman–Crippen MR) is 75.5 cm³/mol. The van der Waals surface area contributed by atoms with Crippen LogP contribution in [0.15, 0.2) is 23.8 Å². The second-order valence-corrected chi connectivity index (χ2v) is 6.15. The van der Waals surface area contributed by atoms with Gasteiger partial charge < -0.3 is 9.47 Å². The molecule has 1 fully saturated rings. The Hall–Kier alpha value is -1.33. The van der Waals surface area contributed by atoms with Crippen molar-refractivity contribution >= 4 is 0 Å². The van der Waals surface area contributed by atoms with Crippen LogP contribution >= 0.6 is 0 Å². The van der Waals surface area contributed by atoms with Gasteiger partial charge in [-0.2, -0.15) is 0 Å². The molecule has 1 aromatic carbocycles. The SMILES string of the molecule is CC1CC=C(C2COC(c3cc(F)c(F)c(F)c3)OC2)CC1. The van der Waals surface area contributed by atoms with E-state index in [2.05, 4.69) is 13.0 Å². The van der Waals surface area contributed by atoms with Crippen molar-refractivity contribution in [3.05, 3.63) is 46.8 Å². The number of rotatable bonds is 2. The number of ether oxygens (including phenoxy) is 2. The number of halogens is 3. The average Bonchev–Trinajstić information content (AvgIpc) is 2.53. The number of hydrogen-bond acceptors (Lipinski definition) is 2. The number of allylic oxidation sites excluding steroid dienone is 1. The molecule has 0 spiro atoms. The zero-order valence-corrected chi connectivity index (χ0v) is 12.5. The Balaban J connectivity index is 1.65. The van der Waals surface area contributed by atoms with Gasteiger partial charge in [-0.05, 0) is 37.3 Å². The maximum atomic E-state index is 13.3. The molecule has 0 amide bonds. The van der Waals surface area contributed by atoms with Gasteiger partial charge in [0.25, 0.3) is 0 Å². The Bertz CT molecular complexity index is 554. The fourth-order valence-electron chi connectivity index (χ4n) is 2.98. The van der Waals surface area contributed by atoms with Crippen molar-refractivity contribution in [2.75, 3.05) is 13.2 Å². The van der Waals surface area contributed by atoms with Crippen LogP contribution in [0.25, 0.3) is 0 Å². The van der Waals surface area contributed by atoms with Gasteiger partial charge in [0.15, 0.2) is 23.7 Å². The maximum absolute atomic E-state index is 13.3. The highest BCUT2D eigenvalue weighted by Gasteiger charge is 2.28. The monoisotopic (exact) mass is 312 g/mol. The Morgan fingerprint density at radius 1 is 1.05 bits per heavy atom. The first kappa shape index (κ1) is 15.6. The molecule has 0 N–H and O–H groups in total. The molecule has 0 bridgehead atoms. The third kappa shape index (κ3) is 3.20. The summed E-state index contributed by atoms with van der Waals surface area (Å²) in [6.45, 7) is 3.13. The van der Waals surface area contributed by atoms with E-state index in [9.17, 15) is 13.2 Å². The van der Waals surface area contributed by atoms with Crippen LogP contribution in [0.2, 0.25) is 0 Å². The minimum Gasteiger partial charge on any atom is -0.348 e. The lowest BCUT2D eigenvalue weighted by molar-refractivity contribution is -0.199. The Kier molecular flexibility index (Phi) is 4.54. The topological polar surface area (TPSA) is 18.5 Å². The van der Waals surface area contributed by atoms with E-state index in [1.54, 1.807) is 0 Å². The van der Waals surface area contributed by atoms with E-state index in [1.165, 1.54) is 12.0 Å². The predicted octanol–water partition coefficient (Wildman–Crippen LogP) is 4.51. The van der Waals surface area contributed by atoms with Gasteiger partial charge in [-0.3, -0.25) is 0 Å². The second-order valence-electron chi connectivity index (χ2n) is 6.15. The summed E-state index contributed by atoms with van der Waals surface area (Å²) in [6, 6.07) is 1.84. The summed E-state index contributed by atoms with van der Waals surface area (Å²) in [7, 11) is 0. The lowest BCUT2D eigenvalue weighted by Gasteiger charge is -2.33. The average molecular weight is 312 g/mol. The minimum absolute atomic E-state index is 0.168. The highest BCUT2D eigenvalue weighted by Crippen LogP contribution is 2.34. The van der Waals surface area contributed by atoms with Crippen molar-refractivity contribution in [1.82, 2.24) is 0 Å². The van der Waals surface area contributed by atoms with Crippen LogP contribution < -0.4 is 0 Å².